The van der Waals surface area contributed by atoms with Crippen molar-refractivity contribution in [1.29, 1.82) is 0 Å². The molecule has 162 valence electrons. The molecule has 0 aliphatic carbocycles. The molecule has 1 aromatic heterocycles. The van der Waals surface area contributed by atoms with Gasteiger partial charge in [-0.05, 0) is 37.2 Å². The molecule has 3 aromatic rings. The lowest BCUT2D eigenvalue weighted by atomic mass is 9.97. The van der Waals surface area contributed by atoms with Crippen molar-refractivity contribution in [1.82, 2.24) is 9.71 Å². The first-order valence-electron chi connectivity index (χ1n) is 9.89. The Morgan fingerprint density at radius 2 is 1.71 bits per heavy atom. The maximum atomic E-state index is 12.9. The first kappa shape index (κ1) is 21.5. The Kier molecular flexibility index (Phi) is 5.83. The summed E-state index contributed by atoms with van der Waals surface area (Å²) in [6.07, 6.45) is 0. The van der Waals surface area contributed by atoms with Crippen LogP contribution in [-0.4, -0.2) is 46.5 Å². The van der Waals surface area contributed by atoms with Crippen LogP contribution in [0.25, 0.3) is 11.1 Å². The van der Waals surface area contributed by atoms with Crippen molar-refractivity contribution in [3.05, 3.63) is 60.3 Å². The number of hydrogen-bond acceptors (Lipinski definition) is 6. The third kappa shape index (κ3) is 4.21. The molecule has 1 saturated heterocycles. The molecule has 31 heavy (non-hydrogen) atoms. The van der Waals surface area contributed by atoms with Crippen molar-refractivity contribution in [2.24, 2.45) is 5.92 Å². The number of aromatic nitrogens is 1. The van der Waals surface area contributed by atoms with Gasteiger partial charge >= 0.3 is 0 Å². The van der Waals surface area contributed by atoms with Crippen LogP contribution in [0.1, 0.15) is 5.69 Å². The number of benzene rings is 2. The Balaban J connectivity index is 1.40. The molecule has 1 aliphatic rings. The average molecular weight is 457 g/mol. The van der Waals surface area contributed by atoms with E-state index in [-0.39, 0.29) is 16.0 Å². The number of carbonyl (C=O) groups excluding carboxylic acids is 1. The summed E-state index contributed by atoms with van der Waals surface area (Å²) in [6, 6.07) is 18.5. The van der Waals surface area contributed by atoms with Crippen molar-refractivity contribution in [2.45, 2.75) is 11.1 Å². The van der Waals surface area contributed by atoms with E-state index >= 15 is 0 Å². The summed E-state index contributed by atoms with van der Waals surface area (Å²) in [6.45, 7) is 2.88. The number of aryl methyl sites for hydroxylation is 1. The van der Waals surface area contributed by atoms with Crippen LogP contribution in [0.5, 0.6) is 0 Å². The molecule has 4 rings (SSSR count). The van der Waals surface area contributed by atoms with Gasteiger partial charge in [0, 0.05) is 25.8 Å². The van der Waals surface area contributed by atoms with Gasteiger partial charge in [-0.15, -0.1) is 0 Å². The van der Waals surface area contributed by atoms with Gasteiger partial charge in [0.05, 0.1) is 11.6 Å². The highest BCUT2D eigenvalue weighted by atomic mass is 32.2. The number of rotatable bonds is 6. The van der Waals surface area contributed by atoms with Gasteiger partial charge in [0.15, 0.2) is 9.34 Å². The molecule has 1 amide bonds. The highest BCUT2D eigenvalue weighted by Gasteiger charge is 2.36. The molecule has 0 atom stereocenters. The average Bonchev–Trinajstić information content (AvgIpc) is 3.15. The lowest BCUT2D eigenvalue weighted by Gasteiger charge is -2.41. The van der Waals surface area contributed by atoms with Crippen LogP contribution in [-0.2, 0) is 14.8 Å². The minimum atomic E-state index is -3.59. The Morgan fingerprint density at radius 1 is 1.10 bits per heavy atom. The second-order valence-electron chi connectivity index (χ2n) is 7.49. The molecule has 2 heterocycles. The number of amides is 1. The van der Waals surface area contributed by atoms with Crippen molar-refractivity contribution >= 4 is 38.1 Å². The standard InChI is InChI=1S/C22H24N4O3S2/c1-15-21(31(28,29)23-2)30-22(24-15)25(3)20(27)18-13-26(14-18)19-11-9-17(10-12-19)16-7-5-4-6-8-16/h4-12,18,23H,13-14H2,1-3H3. The van der Waals surface area contributed by atoms with E-state index in [0.717, 1.165) is 22.6 Å². The Labute approximate surface area is 186 Å². The zero-order valence-electron chi connectivity index (χ0n) is 17.6. The summed E-state index contributed by atoms with van der Waals surface area (Å²) in [4.78, 5) is 20.8. The SMILES string of the molecule is CNS(=O)(=O)c1sc(N(C)C(=O)C2CN(c3ccc(-c4ccccc4)cc3)C2)nc1C. The molecule has 0 saturated carbocycles. The number of carbonyl (C=O) groups is 1. The number of hydrogen-bond donors (Lipinski definition) is 1. The topological polar surface area (TPSA) is 82.6 Å². The van der Waals surface area contributed by atoms with Crippen LogP contribution in [0.2, 0.25) is 0 Å². The summed E-state index contributed by atoms with van der Waals surface area (Å²) in [7, 11) is -0.582. The summed E-state index contributed by atoms with van der Waals surface area (Å²) >= 11 is 1.01. The molecule has 0 unspecified atom stereocenters. The monoisotopic (exact) mass is 456 g/mol. The lowest BCUT2D eigenvalue weighted by molar-refractivity contribution is -0.122. The Bertz CT molecular complexity index is 1190. The number of anilines is 2. The van der Waals surface area contributed by atoms with Gasteiger partial charge in [-0.1, -0.05) is 53.8 Å². The zero-order chi connectivity index (χ0) is 22.2. The van der Waals surface area contributed by atoms with Crippen LogP contribution < -0.4 is 14.5 Å². The van der Waals surface area contributed by atoms with Crippen molar-refractivity contribution in [3.63, 3.8) is 0 Å². The molecule has 1 N–H and O–H groups in total. The molecule has 0 bridgehead atoms. The minimum absolute atomic E-state index is 0.0562. The van der Waals surface area contributed by atoms with E-state index in [1.807, 2.05) is 18.2 Å². The van der Waals surface area contributed by atoms with Gasteiger partial charge in [-0.25, -0.2) is 18.1 Å². The second-order valence-corrected chi connectivity index (χ2v) is 10.5. The first-order valence-corrected chi connectivity index (χ1v) is 12.2. The summed E-state index contributed by atoms with van der Waals surface area (Å²) in [5.74, 6) is -0.202. The summed E-state index contributed by atoms with van der Waals surface area (Å²) in [5.41, 5.74) is 3.80. The Hall–Kier alpha value is -2.75. The second kappa shape index (κ2) is 8.41. The molecule has 9 heteroatoms. The van der Waals surface area contributed by atoms with E-state index in [1.165, 1.54) is 17.5 Å². The van der Waals surface area contributed by atoms with Gasteiger partial charge in [0.2, 0.25) is 5.91 Å². The molecule has 0 radical (unpaired) electrons. The van der Waals surface area contributed by atoms with Crippen LogP contribution in [0.3, 0.4) is 0 Å². The maximum absolute atomic E-state index is 12.9. The van der Waals surface area contributed by atoms with Crippen molar-refractivity contribution in [3.8, 4) is 11.1 Å². The number of sulfonamides is 1. The molecule has 7 nitrogen and oxygen atoms in total. The largest absolute Gasteiger partial charge is 0.370 e. The third-order valence-electron chi connectivity index (χ3n) is 5.44. The van der Waals surface area contributed by atoms with Gasteiger partial charge < -0.3 is 4.90 Å². The van der Waals surface area contributed by atoms with Gasteiger partial charge in [0.1, 0.15) is 0 Å². The van der Waals surface area contributed by atoms with E-state index in [2.05, 4.69) is 51.0 Å². The predicted molar refractivity (Wildman–Crippen MR) is 124 cm³/mol. The van der Waals surface area contributed by atoms with Crippen LogP contribution in [0.4, 0.5) is 10.8 Å². The highest BCUT2D eigenvalue weighted by molar-refractivity contribution is 7.91. The van der Waals surface area contributed by atoms with E-state index in [1.54, 1.807) is 14.0 Å². The minimum Gasteiger partial charge on any atom is -0.370 e. The quantitative estimate of drug-likeness (QED) is 0.616. The van der Waals surface area contributed by atoms with Gasteiger partial charge in [0.25, 0.3) is 10.0 Å². The fourth-order valence-electron chi connectivity index (χ4n) is 3.56. The van der Waals surface area contributed by atoms with Crippen LogP contribution in [0, 0.1) is 12.8 Å². The zero-order valence-corrected chi connectivity index (χ0v) is 19.2. The molecular weight excluding hydrogens is 432 g/mol. The maximum Gasteiger partial charge on any atom is 0.251 e. The Morgan fingerprint density at radius 3 is 2.32 bits per heavy atom. The highest BCUT2D eigenvalue weighted by Crippen LogP contribution is 2.32. The number of nitrogens with zero attached hydrogens (tertiary/aromatic N) is 3. The van der Waals surface area contributed by atoms with Crippen molar-refractivity contribution in [2.75, 3.05) is 37.0 Å². The molecule has 1 aliphatic heterocycles. The fraction of sp³-hybridized carbons (Fsp3) is 0.273. The molecular formula is C22H24N4O3S2. The van der Waals surface area contributed by atoms with Crippen LogP contribution in [0.15, 0.2) is 58.8 Å². The van der Waals surface area contributed by atoms with E-state index < -0.39 is 10.0 Å². The normalized spacial score (nSPS) is 14.4. The molecule has 0 spiro atoms. The van der Waals surface area contributed by atoms with Gasteiger partial charge in [-0.3, -0.25) is 9.69 Å². The summed E-state index contributed by atoms with van der Waals surface area (Å²) in [5, 5.41) is 0.391. The van der Waals surface area contributed by atoms with Crippen molar-refractivity contribution < 1.29 is 13.2 Å². The summed E-state index contributed by atoms with van der Waals surface area (Å²) < 4.78 is 26.6. The third-order valence-corrected chi connectivity index (χ3v) is 8.70. The number of thiazole rings is 1. The molecule has 1 fully saturated rings. The first-order chi connectivity index (χ1) is 14.8. The van der Waals surface area contributed by atoms with Gasteiger partial charge in [-0.2, -0.15) is 0 Å². The van der Waals surface area contributed by atoms with E-state index in [4.69, 9.17) is 0 Å². The fourth-order valence-corrected chi connectivity index (χ4v) is 5.86. The number of nitrogens with one attached hydrogen (secondary N) is 1. The lowest BCUT2D eigenvalue weighted by Crippen LogP contribution is -2.54. The molecule has 2 aromatic carbocycles. The van der Waals surface area contributed by atoms with E-state index in [0.29, 0.717) is 23.9 Å². The smallest absolute Gasteiger partial charge is 0.251 e. The predicted octanol–water partition coefficient (Wildman–Crippen LogP) is 3.13. The van der Waals surface area contributed by atoms with Crippen LogP contribution >= 0.6 is 11.3 Å². The van der Waals surface area contributed by atoms with E-state index in [9.17, 15) is 13.2 Å².